The van der Waals surface area contributed by atoms with Crippen molar-refractivity contribution in [2.24, 2.45) is 0 Å². The van der Waals surface area contributed by atoms with E-state index in [1.165, 1.54) is 10.4 Å². The highest BCUT2D eigenvalue weighted by molar-refractivity contribution is 9.10. The molecule has 1 N–H and O–H groups in total. The molecule has 3 rings (SSSR count). The minimum atomic E-state index is -3.72. The van der Waals surface area contributed by atoms with Crippen LogP contribution in [0.15, 0.2) is 51.8 Å². The van der Waals surface area contributed by atoms with Gasteiger partial charge in [0.1, 0.15) is 0 Å². The predicted octanol–water partition coefficient (Wildman–Crippen LogP) is 3.38. The highest BCUT2D eigenvalue weighted by atomic mass is 79.9. The number of amides is 1. The molecule has 26 heavy (non-hydrogen) atoms. The summed E-state index contributed by atoms with van der Waals surface area (Å²) < 4.78 is 32.7. The van der Waals surface area contributed by atoms with Crippen molar-refractivity contribution < 1.29 is 17.9 Å². The maximum atomic E-state index is 12.9. The van der Waals surface area contributed by atoms with Gasteiger partial charge in [-0.15, -0.1) is 0 Å². The van der Waals surface area contributed by atoms with Crippen molar-refractivity contribution in [3.8, 4) is 0 Å². The Balaban J connectivity index is 1.88. The van der Waals surface area contributed by atoms with E-state index in [1.807, 2.05) is 0 Å². The van der Waals surface area contributed by atoms with Gasteiger partial charge in [-0.1, -0.05) is 17.7 Å². The first-order valence-corrected chi connectivity index (χ1v) is 10.4. The molecule has 0 aromatic heterocycles. The fourth-order valence-corrected chi connectivity index (χ4v) is 5.09. The van der Waals surface area contributed by atoms with Crippen molar-refractivity contribution in [2.75, 3.05) is 31.6 Å². The SMILES string of the molecule is O=C(Nc1cccc(Cl)c1)c1ccc(Br)c(S(=O)(=O)N2CCOCC2)c1. The van der Waals surface area contributed by atoms with Gasteiger partial charge in [0.25, 0.3) is 5.91 Å². The van der Waals surface area contributed by atoms with Gasteiger partial charge in [0, 0.05) is 33.8 Å². The van der Waals surface area contributed by atoms with Crippen molar-refractivity contribution in [2.45, 2.75) is 4.90 Å². The molecule has 0 atom stereocenters. The van der Waals surface area contributed by atoms with E-state index in [9.17, 15) is 13.2 Å². The average Bonchev–Trinajstić information content (AvgIpc) is 2.62. The third-order valence-electron chi connectivity index (χ3n) is 3.86. The van der Waals surface area contributed by atoms with Crippen molar-refractivity contribution in [1.29, 1.82) is 0 Å². The van der Waals surface area contributed by atoms with E-state index in [4.69, 9.17) is 16.3 Å². The molecule has 0 radical (unpaired) electrons. The van der Waals surface area contributed by atoms with Crippen LogP contribution in [-0.2, 0) is 14.8 Å². The third kappa shape index (κ3) is 4.27. The summed E-state index contributed by atoms with van der Waals surface area (Å²) in [7, 11) is -3.72. The number of benzene rings is 2. The standard InChI is InChI=1S/C17H16BrClN2O4S/c18-15-5-4-12(17(22)20-14-3-1-2-13(19)11-14)10-16(15)26(23,24)21-6-8-25-9-7-21/h1-5,10-11H,6-9H2,(H,20,22). The second kappa shape index (κ2) is 8.06. The maximum Gasteiger partial charge on any atom is 0.255 e. The first-order valence-electron chi connectivity index (χ1n) is 7.82. The maximum absolute atomic E-state index is 12.9. The van der Waals surface area contributed by atoms with Crippen LogP contribution >= 0.6 is 27.5 Å². The minimum Gasteiger partial charge on any atom is -0.379 e. The van der Waals surface area contributed by atoms with Gasteiger partial charge >= 0.3 is 0 Å². The Hall–Kier alpha value is -1.45. The van der Waals surface area contributed by atoms with Crippen molar-refractivity contribution in [3.05, 3.63) is 57.5 Å². The zero-order valence-electron chi connectivity index (χ0n) is 13.6. The molecule has 1 heterocycles. The molecule has 9 heteroatoms. The van der Waals surface area contributed by atoms with Crippen LogP contribution < -0.4 is 5.32 Å². The molecule has 0 saturated carbocycles. The molecule has 138 valence electrons. The van der Waals surface area contributed by atoms with E-state index in [1.54, 1.807) is 36.4 Å². The van der Waals surface area contributed by atoms with Crippen LogP contribution in [0.1, 0.15) is 10.4 Å². The Morgan fingerprint density at radius 2 is 1.88 bits per heavy atom. The fourth-order valence-electron chi connectivity index (χ4n) is 2.54. The molecule has 0 unspecified atom stereocenters. The Morgan fingerprint density at radius 3 is 2.58 bits per heavy atom. The van der Waals surface area contributed by atoms with E-state index in [2.05, 4.69) is 21.2 Å². The Bertz CT molecular complexity index is 930. The summed E-state index contributed by atoms with van der Waals surface area (Å²) in [5.41, 5.74) is 0.767. The molecule has 6 nitrogen and oxygen atoms in total. The molecular weight excluding hydrogens is 444 g/mol. The van der Waals surface area contributed by atoms with Gasteiger partial charge in [-0.3, -0.25) is 4.79 Å². The second-order valence-corrected chi connectivity index (χ2v) is 8.82. The molecule has 0 aliphatic carbocycles. The average molecular weight is 460 g/mol. The first kappa shape index (κ1) is 19.3. The highest BCUT2D eigenvalue weighted by Crippen LogP contribution is 2.27. The number of hydrogen-bond acceptors (Lipinski definition) is 4. The summed E-state index contributed by atoms with van der Waals surface area (Å²) in [5, 5.41) is 3.20. The van der Waals surface area contributed by atoms with E-state index in [0.717, 1.165) is 0 Å². The van der Waals surface area contributed by atoms with E-state index < -0.39 is 15.9 Å². The van der Waals surface area contributed by atoms with Crippen LogP contribution in [0.3, 0.4) is 0 Å². The minimum absolute atomic E-state index is 0.0538. The number of nitrogens with zero attached hydrogens (tertiary/aromatic N) is 1. The fraction of sp³-hybridized carbons (Fsp3) is 0.235. The Morgan fingerprint density at radius 1 is 1.15 bits per heavy atom. The van der Waals surface area contributed by atoms with Gasteiger partial charge in [0.15, 0.2) is 0 Å². The number of rotatable bonds is 4. The molecule has 0 spiro atoms. The molecule has 0 bridgehead atoms. The van der Waals surface area contributed by atoms with Crippen molar-refractivity contribution >= 4 is 49.1 Å². The number of morpholine rings is 1. The molecule has 2 aromatic carbocycles. The lowest BCUT2D eigenvalue weighted by Gasteiger charge is -2.26. The van der Waals surface area contributed by atoms with Crippen LogP contribution in [-0.4, -0.2) is 44.9 Å². The molecule has 1 aliphatic rings. The predicted molar refractivity (Wildman–Crippen MR) is 103 cm³/mol. The topological polar surface area (TPSA) is 75.7 Å². The first-order chi connectivity index (χ1) is 12.4. The number of halogens is 2. The highest BCUT2D eigenvalue weighted by Gasteiger charge is 2.29. The lowest BCUT2D eigenvalue weighted by atomic mass is 10.2. The molecule has 2 aromatic rings. The smallest absolute Gasteiger partial charge is 0.255 e. The molecule has 1 aliphatic heterocycles. The summed E-state index contributed by atoms with van der Waals surface area (Å²) in [6.45, 7) is 1.28. The molecule has 1 amide bonds. The van der Waals surface area contributed by atoms with Gasteiger partial charge in [-0.05, 0) is 52.3 Å². The largest absolute Gasteiger partial charge is 0.379 e. The van der Waals surface area contributed by atoms with E-state index in [0.29, 0.717) is 28.4 Å². The van der Waals surface area contributed by atoms with Gasteiger partial charge in [-0.2, -0.15) is 4.31 Å². The van der Waals surface area contributed by atoms with Gasteiger partial charge in [-0.25, -0.2) is 8.42 Å². The summed E-state index contributed by atoms with van der Waals surface area (Å²) in [4.78, 5) is 12.5. The number of carbonyl (C=O) groups is 1. The van der Waals surface area contributed by atoms with Crippen LogP contribution in [0, 0.1) is 0 Å². The number of carbonyl (C=O) groups excluding carboxylic acids is 1. The van der Waals surface area contributed by atoms with E-state index in [-0.39, 0.29) is 23.5 Å². The lowest BCUT2D eigenvalue weighted by molar-refractivity contribution is 0.0730. The summed E-state index contributed by atoms with van der Waals surface area (Å²) in [6.07, 6.45) is 0. The summed E-state index contributed by atoms with van der Waals surface area (Å²) in [6, 6.07) is 11.2. The van der Waals surface area contributed by atoms with Crippen LogP contribution in [0.4, 0.5) is 5.69 Å². The van der Waals surface area contributed by atoms with Crippen molar-refractivity contribution in [3.63, 3.8) is 0 Å². The van der Waals surface area contributed by atoms with Gasteiger partial charge < -0.3 is 10.1 Å². The van der Waals surface area contributed by atoms with Gasteiger partial charge in [0.2, 0.25) is 10.0 Å². The van der Waals surface area contributed by atoms with Crippen LogP contribution in [0.5, 0.6) is 0 Å². The second-order valence-electron chi connectivity index (χ2n) is 5.63. The number of hydrogen-bond donors (Lipinski definition) is 1. The van der Waals surface area contributed by atoms with Crippen LogP contribution in [0.2, 0.25) is 5.02 Å². The lowest BCUT2D eigenvalue weighted by Crippen LogP contribution is -2.40. The number of nitrogens with one attached hydrogen (secondary N) is 1. The molecular formula is C17H16BrClN2O4S. The quantitative estimate of drug-likeness (QED) is 0.760. The molecule has 1 saturated heterocycles. The zero-order chi connectivity index (χ0) is 18.7. The number of ether oxygens (including phenoxy) is 1. The monoisotopic (exact) mass is 458 g/mol. The Labute approximate surface area is 165 Å². The van der Waals surface area contributed by atoms with Crippen molar-refractivity contribution in [1.82, 2.24) is 4.31 Å². The Kier molecular flexibility index (Phi) is 5.99. The van der Waals surface area contributed by atoms with Gasteiger partial charge in [0.05, 0.1) is 18.1 Å². The number of sulfonamides is 1. The number of anilines is 1. The summed E-state index contributed by atoms with van der Waals surface area (Å²) >= 11 is 9.19. The van der Waals surface area contributed by atoms with Crippen LogP contribution in [0.25, 0.3) is 0 Å². The normalized spacial score (nSPS) is 15.6. The van der Waals surface area contributed by atoms with E-state index >= 15 is 0 Å². The third-order valence-corrected chi connectivity index (χ3v) is 6.99. The summed E-state index contributed by atoms with van der Waals surface area (Å²) in [5.74, 6) is -0.418. The molecule has 1 fully saturated rings. The zero-order valence-corrected chi connectivity index (χ0v) is 16.8.